The van der Waals surface area contributed by atoms with Gasteiger partial charge in [-0.2, -0.15) is 8.42 Å². The van der Waals surface area contributed by atoms with E-state index < -0.39 is 15.1 Å². The van der Waals surface area contributed by atoms with Crippen LogP contribution < -0.4 is 5.32 Å². The first kappa shape index (κ1) is 14.0. The Kier molecular flexibility index (Phi) is 4.16. The van der Waals surface area contributed by atoms with Gasteiger partial charge in [0.1, 0.15) is 4.90 Å². The Morgan fingerprint density at radius 2 is 1.89 bits per heavy atom. The Labute approximate surface area is 111 Å². The highest BCUT2D eigenvalue weighted by atomic mass is 32.3. The molecule has 7 heteroatoms. The molecule has 1 saturated heterocycles. The van der Waals surface area contributed by atoms with Crippen molar-refractivity contribution in [1.29, 1.82) is 0 Å². The van der Waals surface area contributed by atoms with Crippen molar-refractivity contribution in [3.8, 4) is 0 Å². The van der Waals surface area contributed by atoms with Crippen LogP contribution >= 0.6 is 0 Å². The molecule has 1 aliphatic heterocycles. The number of carbonyl (C=O) groups excluding carboxylic acids is 1. The second-order valence-electron chi connectivity index (χ2n) is 4.31. The summed E-state index contributed by atoms with van der Waals surface area (Å²) >= 11 is 0. The first-order chi connectivity index (χ1) is 8.98. The summed E-state index contributed by atoms with van der Waals surface area (Å²) in [6.07, 6.45) is 1.16. The minimum atomic E-state index is -4.85. The molecule has 1 aliphatic rings. The van der Waals surface area contributed by atoms with Crippen molar-refractivity contribution in [2.24, 2.45) is 5.92 Å². The molecular formula is C12H14FNO4S. The van der Waals surface area contributed by atoms with Crippen LogP contribution in [0.25, 0.3) is 0 Å². The van der Waals surface area contributed by atoms with Crippen LogP contribution in [-0.4, -0.2) is 27.5 Å². The van der Waals surface area contributed by atoms with Gasteiger partial charge in [0, 0.05) is 19.1 Å². The van der Waals surface area contributed by atoms with E-state index in [9.17, 15) is 17.1 Å². The molecule has 0 bridgehead atoms. The van der Waals surface area contributed by atoms with Gasteiger partial charge in [0.05, 0.1) is 5.69 Å². The molecule has 1 fully saturated rings. The number of halogens is 1. The van der Waals surface area contributed by atoms with Crippen LogP contribution in [-0.2, 0) is 19.8 Å². The standard InChI is InChI=1S/C12H14FNO4S/c13-19(16,17)11-4-2-1-3-10(11)14-12(15)9-5-7-18-8-6-9/h1-4,9H,5-8H2,(H,14,15). The number of benzene rings is 1. The Bertz CT molecular complexity index is 567. The minimum Gasteiger partial charge on any atom is -0.381 e. The van der Waals surface area contributed by atoms with Crippen molar-refractivity contribution in [3.63, 3.8) is 0 Å². The lowest BCUT2D eigenvalue weighted by Gasteiger charge is -2.21. The van der Waals surface area contributed by atoms with Gasteiger partial charge >= 0.3 is 10.2 Å². The van der Waals surface area contributed by atoms with Crippen molar-refractivity contribution in [3.05, 3.63) is 24.3 Å². The zero-order valence-electron chi connectivity index (χ0n) is 10.1. The lowest BCUT2D eigenvalue weighted by atomic mass is 9.99. The van der Waals surface area contributed by atoms with E-state index in [2.05, 4.69) is 5.32 Å². The lowest BCUT2D eigenvalue weighted by Crippen LogP contribution is -2.28. The summed E-state index contributed by atoms with van der Waals surface area (Å²) in [6, 6.07) is 5.42. The topological polar surface area (TPSA) is 72.5 Å². The van der Waals surface area contributed by atoms with Gasteiger partial charge < -0.3 is 10.1 Å². The van der Waals surface area contributed by atoms with Crippen LogP contribution in [0.5, 0.6) is 0 Å². The van der Waals surface area contributed by atoms with Gasteiger partial charge in [0.2, 0.25) is 5.91 Å². The highest BCUT2D eigenvalue weighted by Gasteiger charge is 2.24. The molecule has 0 aromatic heterocycles. The van der Waals surface area contributed by atoms with Gasteiger partial charge in [0.15, 0.2) is 0 Å². The summed E-state index contributed by atoms with van der Waals surface area (Å²) in [6.45, 7) is 1.00. The summed E-state index contributed by atoms with van der Waals surface area (Å²) in [7, 11) is -4.85. The second kappa shape index (κ2) is 5.66. The molecule has 2 rings (SSSR count). The molecule has 104 valence electrons. The van der Waals surface area contributed by atoms with E-state index in [-0.39, 0.29) is 17.5 Å². The van der Waals surface area contributed by atoms with E-state index in [1.54, 1.807) is 0 Å². The van der Waals surface area contributed by atoms with E-state index in [1.165, 1.54) is 18.2 Å². The highest BCUT2D eigenvalue weighted by molar-refractivity contribution is 7.86. The number of hydrogen-bond acceptors (Lipinski definition) is 4. The molecule has 1 aromatic rings. The fourth-order valence-corrected chi connectivity index (χ4v) is 2.60. The van der Waals surface area contributed by atoms with Gasteiger partial charge in [-0.05, 0) is 25.0 Å². The van der Waals surface area contributed by atoms with Crippen LogP contribution in [0.2, 0.25) is 0 Å². The molecule has 1 heterocycles. The smallest absolute Gasteiger partial charge is 0.334 e. The van der Waals surface area contributed by atoms with Gasteiger partial charge in [0.25, 0.3) is 0 Å². The maximum absolute atomic E-state index is 13.1. The average Bonchev–Trinajstić information content (AvgIpc) is 2.39. The van der Waals surface area contributed by atoms with E-state index in [1.807, 2.05) is 0 Å². The van der Waals surface area contributed by atoms with Crippen molar-refractivity contribution in [1.82, 2.24) is 0 Å². The van der Waals surface area contributed by atoms with Gasteiger partial charge in [-0.3, -0.25) is 4.79 Å². The SMILES string of the molecule is O=C(Nc1ccccc1S(=O)(=O)F)C1CCOCC1. The third-order valence-electron chi connectivity index (χ3n) is 3.00. The molecule has 0 atom stereocenters. The first-order valence-electron chi connectivity index (χ1n) is 5.91. The molecule has 0 aliphatic carbocycles. The van der Waals surface area contributed by atoms with Crippen LogP contribution in [0.4, 0.5) is 9.57 Å². The second-order valence-corrected chi connectivity index (χ2v) is 5.63. The van der Waals surface area contributed by atoms with Crippen LogP contribution in [0, 0.1) is 5.92 Å². The monoisotopic (exact) mass is 287 g/mol. The number of ether oxygens (including phenoxy) is 1. The molecule has 19 heavy (non-hydrogen) atoms. The molecule has 1 aromatic carbocycles. The molecule has 1 amide bonds. The summed E-state index contributed by atoms with van der Waals surface area (Å²) in [5.74, 6) is -0.538. The fraction of sp³-hybridized carbons (Fsp3) is 0.417. The van der Waals surface area contributed by atoms with E-state index in [0.29, 0.717) is 26.1 Å². The van der Waals surface area contributed by atoms with E-state index >= 15 is 0 Å². The first-order valence-corrected chi connectivity index (χ1v) is 7.29. The summed E-state index contributed by atoms with van der Waals surface area (Å²) < 4.78 is 40.2. The Morgan fingerprint density at radius 3 is 2.53 bits per heavy atom. The number of rotatable bonds is 3. The molecule has 1 N–H and O–H groups in total. The van der Waals surface area contributed by atoms with Crippen LogP contribution in [0.3, 0.4) is 0 Å². The van der Waals surface area contributed by atoms with Gasteiger partial charge in [-0.1, -0.05) is 12.1 Å². The van der Waals surface area contributed by atoms with E-state index in [0.717, 1.165) is 6.07 Å². The third kappa shape index (κ3) is 3.51. The third-order valence-corrected chi connectivity index (χ3v) is 3.88. The zero-order valence-corrected chi connectivity index (χ0v) is 11.0. The minimum absolute atomic E-state index is 0.0264. The van der Waals surface area contributed by atoms with Gasteiger partial charge in [-0.15, -0.1) is 3.89 Å². The Hall–Kier alpha value is -1.47. The molecule has 0 unspecified atom stereocenters. The lowest BCUT2D eigenvalue weighted by molar-refractivity contribution is -0.122. The number of anilines is 1. The maximum atomic E-state index is 13.1. The highest BCUT2D eigenvalue weighted by Crippen LogP contribution is 2.24. The average molecular weight is 287 g/mol. The summed E-state index contributed by atoms with van der Waals surface area (Å²) in [5.41, 5.74) is -0.0264. The molecule has 5 nitrogen and oxygen atoms in total. The summed E-state index contributed by atoms with van der Waals surface area (Å²) in [5, 5.41) is 2.47. The largest absolute Gasteiger partial charge is 0.381 e. The fourth-order valence-electron chi connectivity index (χ4n) is 1.98. The molecular weight excluding hydrogens is 273 g/mol. The predicted octanol–water partition coefficient (Wildman–Crippen LogP) is 1.71. The van der Waals surface area contributed by atoms with Crippen molar-refractivity contribution in [2.75, 3.05) is 18.5 Å². The van der Waals surface area contributed by atoms with Crippen molar-refractivity contribution >= 4 is 21.8 Å². The zero-order chi connectivity index (χ0) is 13.9. The maximum Gasteiger partial charge on any atom is 0.334 e. The van der Waals surface area contributed by atoms with Gasteiger partial charge in [-0.25, -0.2) is 0 Å². The molecule has 0 radical (unpaired) electrons. The number of amides is 1. The molecule has 0 saturated carbocycles. The molecule has 0 spiro atoms. The van der Waals surface area contributed by atoms with Crippen molar-refractivity contribution < 1.29 is 21.8 Å². The van der Waals surface area contributed by atoms with Crippen LogP contribution in [0.15, 0.2) is 29.2 Å². The number of para-hydroxylation sites is 1. The van der Waals surface area contributed by atoms with Crippen molar-refractivity contribution in [2.45, 2.75) is 17.7 Å². The number of hydrogen-bond donors (Lipinski definition) is 1. The van der Waals surface area contributed by atoms with Crippen LogP contribution in [0.1, 0.15) is 12.8 Å². The quantitative estimate of drug-likeness (QED) is 0.859. The number of nitrogens with one attached hydrogen (secondary N) is 1. The summed E-state index contributed by atoms with van der Waals surface area (Å²) in [4.78, 5) is 11.4. The Morgan fingerprint density at radius 1 is 1.26 bits per heavy atom. The Balaban J connectivity index is 2.17. The predicted molar refractivity (Wildman–Crippen MR) is 66.9 cm³/mol. The number of carbonyl (C=O) groups is 1. The van der Waals surface area contributed by atoms with E-state index in [4.69, 9.17) is 4.74 Å². The normalized spacial score (nSPS) is 17.1.